The van der Waals surface area contributed by atoms with Crippen LogP contribution in [0.15, 0.2) is 18.2 Å². The molecule has 1 rings (SSSR count). The maximum atomic E-state index is 12.1. The third kappa shape index (κ3) is 3.42. The summed E-state index contributed by atoms with van der Waals surface area (Å²) >= 11 is 0. The Balaban J connectivity index is 2.91. The summed E-state index contributed by atoms with van der Waals surface area (Å²) in [7, 11) is 0. The first-order valence-corrected chi connectivity index (χ1v) is 6.21. The van der Waals surface area contributed by atoms with Crippen LogP contribution >= 0.6 is 0 Å². The predicted molar refractivity (Wildman–Crippen MR) is 72.8 cm³/mol. The first kappa shape index (κ1) is 14.4. The van der Waals surface area contributed by atoms with E-state index in [0.29, 0.717) is 5.56 Å². The van der Waals surface area contributed by atoms with E-state index in [0.717, 1.165) is 17.5 Å². The molecule has 0 aromatic heterocycles. The Hall–Kier alpha value is -1.64. The van der Waals surface area contributed by atoms with Crippen LogP contribution in [-0.4, -0.2) is 17.2 Å². The zero-order valence-corrected chi connectivity index (χ0v) is 11.8. The van der Waals surface area contributed by atoms with E-state index in [1.165, 1.54) is 0 Å². The van der Waals surface area contributed by atoms with Crippen molar-refractivity contribution in [2.45, 2.75) is 46.6 Å². The number of nitrogens with one attached hydrogen (secondary N) is 1. The van der Waals surface area contributed by atoms with Crippen LogP contribution in [0.3, 0.4) is 0 Å². The molecule has 0 atom stereocenters. The van der Waals surface area contributed by atoms with Crippen LogP contribution < -0.4 is 5.32 Å². The number of benzene rings is 1. The van der Waals surface area contributed by atoms with Crippen molar-refractivity contribution in [2.75, 3.05) is 0 Å². The number of carbonyl (C=O) groups excluding carboxylic acids is 2. The maximum absolute atomic E-state index is 12.1. The Morgan fingerprint density at radius 1 is 1.22 bits per heavy atom. The van der Waals surface area contributed by atoms with E-state index in [4.69, 9.17) is 0 Å². The molecule has 0 aliphatic heterocycles. The highest BCUT2D eigenvalue weighted by Crippen LogP contribution is 2.13. The largest absolute Gasteiger partial charge is 0.344 e. The highest BCUT2D eigenvalue weighted by Gasteiger charge is 2.24. The summed E-state index contributed by atoms with van der Waals surface area (Å²) in [6, 6.07) is 5.47. The molecule has 3 nitrogen and oxygen atoms in total. The fourth-order valence-electron chi connectivity index (χ4n) is 1.64. The van der Waals surface area contributed by atoms with Gasteiger partial charge in [0.2, 0.25) is 5.78 Å². The molecule has 1 amide bonds. The van der Waals surface area contributed by atoms with E-state index in [9.17, 15) is 9.59 Å². The molecule has 0 saturated heterocycles. The summed E-state index contributed by atoms with van der Waals surface area (Å²) < 4.78 is 0. The van der Waals surface area contributed by atoms with Gasteiger partial charge >= 0.3 is 0 Å². The number of rotatable bonds is 4. The molecule has 0 spiro atoms. The average molecular weight is 247 g/mol. The molecule has 0 unspecified atom stereocenters. The first-order chi connectivity index (χ1) is 8.26. The SMILES string of the molecule is CCC(C)(C)NC(=O)C(=O)c1ccc(C)cc1C. The van der Waals surface area contributed by atoms with Gasteiger partial charge < -0.3 is 5.32 Å². The topological polar surface area (TPSA) is 46.2 Å². The Kier molecular flexibility index (Phi) is 4.28. The van der Waals surface area contributed by atoms with Crippen LogP contribution in [0.2, 0.25) is 0 Å². The van der Waals surface area contributed by atoms with Crippen molar-refractivity contribution in [3.05, 3.63) is 34.9 Å². The van der Waals surface area contributed by atoms with E-state index < -0.39 is 11.7 Å². The van der Waals surface area contributed by atoms with Crippen LogP contribution in [0.4, 0.5) is 0 Å². The Morgan fingerprint density at radius 3 is 2.33 bits per heavy atom. The molecule has 0 radical (unpaired) electrons. The summed E-state index contributed by atoms with van der Waals surface area (Å²) in [6.07, 6.45) is 0.777. The number of hydrogen-bond acceptors (Lipinski definition) is 2. The lowest BCUT2D eigenvalue weighted by Crippen LogP contribution is -2.46. The number of carbonyl (C=O) groups is 2. The van der Waals surface area contributed by atoms with E-state index in [-0.39, 0.29) is 5.54 Å². The summed E-state index contributed by atoms with van der Waals surface area (Å²) in [5.41, 5.74) is 2.04. The van der Waals surface area contributed by atoms with Crippen molar-refractivity contribution in [2.24, 2.45) is 0 Å². The Morgan fingerprint density at radius 2 is 1.83 bits per heavy atom. The van der Waals surface area contributed by atoms with Gasteiger partial charge in [-0.2, -0.15) is 0 Å². The number of aryl methyl sites for hydroxylation is 2. The van der Waals surface area contributed by atoms with Crippen LogP contribution in [0.25, 0.3) is 0 Å². The van der Waals surface area contributed by atoms with Gasteiger partial charge in [-0.15, -0.1) is 0 Å². The van der Waals surface area contributed by atoms with Crippen LogP contribution in [0.5, 0.6) is 0 Å². The average Bonchev–Trinajstić information content (AvgIpc) is 2.27. The minimum absolute atomic E-state index is 0.356. The first-order valence-electron chi connectivity index (χ1n) is 6.21. The molecule has 18 heavy (non-hydrogen) atoms. The highest BCUT2D eigenvalue weighted by atomic mass is 16.2. The van der Waals surface area contributed by atoms with Crippen LogP contribution in [0, 0.1) is 13.8 Å². The molecule has 0 aliphatic rings. The summed E-state index contributed by atoms with van der Waals surface area (Å²) in [5.74, 6) is -0.997. The van der Waals surface area contributed by atoms with Crippen molar-refractivity contribution in [1.82, 2.24) is 5.32 Å². The summed E-state index contributed by atoms with van der Waals surface area (Å²) in [5, 5.41) is 2.76. The monoisotopic (exact) mass is 247 g/mol. The van der Waals surface area contributed by atoms with Gasteiger partial charge in [-0.05, 0) is 39.7 Å². The standard InChI is InChI=1S/C15H21NO2/c1-6-15(4,5)16-14(18)13(17)12-8-7-10(2)9-11(12)3/h7-9H,6H2,1-5H3,(H,16,18). The number of amides is 1. The van der Waals surface area contributed by atoms with E-state index in [1.807, 2.05) is 46.8 Å². The molecule has 1 aromatic rings. The predicted octanol–water partition coefficient (Wildman–Crippen LogP) is 2.79. The minimum atomic E-state index is -0.534. The van der Waals surface area contributed by atoms with Gasteiger partial charge in [0.05, 0.1) is 0 Å². The fourth-order valence-corrected chi connectivity index (χ4v) is 1.64. The molecular weight excluding hydrogens is 226 g/mol. The van der Waals surface area contributed by atoms with Gasteiger partial charge in [-0.25, -0.2) is 0 Å². The van der Waals surface area contributed by atoms with Crippen LogP contribution in [0.1, 0.15) is 48.7 Å². The quantitative estimate of drug-likeness (QED) is 0.657. The zero-order chi connectivity index (χ0) is 13.9. The molecule has 0 bridgehead atoms. The number of Topliss-reactive ketones (excluding diaryl/α,β-unsaturated/α-hetero) is 1. The number of hydrogen-bond donors (Lipinski definition) is 1. The van der Waals surface area contributed by atoms with Crippen molar-refractivity contribution in [1.29, 1.82) is 0 Å². The Labute approximate surface area is 109 Å². The highest BCUT2D eigenvalue weighted by molar-refractivity contribution is 6.43. The summed E-state index contributed by atoms with van der Waals surface area (Å²) in [4.78, 5) is 24.0. The van der Waals surface area contributed by atoms with Crippen molar-refractivity contribution in [3.63, 3.8) is 0 Å². The zero-order valence-electron chi connectivity index (χ0n) is 11.8. The van der Waals surface area contributed by atoms with Crippen molar-refractivity contribution < 1.29 is 9.59 Å². The second kappa shape index (κ2) is 5.34. The fraction of sp³-hybridized carbons (Fsp3) is 0.467. The van der Waals surface area contributed by atoms with Crippen molar-refractivity contribution >= 4 is 11.7 Å². The second-order valence-electron chi connectivity index (χ2n) is 5.34. The van der Waals surface area contributed by atoms with E-state index >= 15 is 0 Å². The molecule has 0 aliphatic carbocycles. The molecule has 0 heterocycles. The van der Waals surface area contributed by atoms with Gasteiger partial charge in [0, 0.05) is 11.1 Å². The molecule has 3 heteroatoms. The second-order valence-corrected chi connectivity index (χ2v) is 5.34. The third-order valence-electron chi connectivity index (χ3n) is 3.17. The normalized spacial score (nSPS) is 11.2. The Bertz CT molecular complexity index is 475. The third-order valence-corrected chi connectivity index (χ3v) is 3.17. The molecule has 98 valence electrons. The van der Waals surface area contributed by atoms with Gasteiger partial charge in [0.15, 0.2) is 0 Å². The van der Waals surface area contributed by atoms with Crippen molar-refractivity contribution in [3.8, 4) is 0 Å². The lowest BCUT2D eigenvalue weighted by atomic mass is 9.99. The van der Waals surface area contributed by atoms with Gasteiger partial charge in [0.25, 0.3) is 5.91 Å². The van der Waals surface area contributed by atoms with Gasteiger partial charge in [0.1, 0.15) is 0 Å². The molecule has 0 saturated carbocycles. The van der Waals surface area contributed by atoms with Gasteiger partial charge in [-0.3, -0.25) is 9.59 Å². The summed E-state index contributed by atoms with van der Waals surface area (Å²) in [6.45, 7) is 9.59. The van der Waals surface area contributed by atoms with Crippen LogP contribution in [-0.2, 0) is 4.79 Å². The molecule has 0 fully saturated rings. The smallest absolute Gasteiger partial charge is 0.292 e. The maximum Gasteiger partial charge on any atom is 0.292 e. The molecular formula is C15H21NO2. The van der Waals surface area contributed by atoms with Gasteiger partial charge in [-0.1, -0.05) is 30.7 Å². The number of ketones is 1. The lowest BCUT2D eigenvalue weighted by molar-refractivity contribution is -0.118. The van der Waals surface area contributed by atoms with E-state index in [2.05, 4.69) is 5.32 Å². The minimum Gasteiger partial charge on any atom is -0.344 e. The van der Waals surface area contributed by atoms with E-state index in [1.54, 1.807) is 6.07 Å². The lowest BCUT2D eigenvalue weighted by Gasteiger charge is -2.24. The molecule has 1 N–H and O–H groups in total. The molecule has 1 aromatic carbocycles.